The molecule has 0 saturated carbocycles. The number of hydrogen-bond donors (Lipinski definition) is 2. The lowest BCUT2D eigenvalue weighted by Gasteiger charge is -2.31. The maximum atomic E-state index is 13.8. The van der Waals surface area contributed by atoms with Crippen molar-refractivity contribution in [2.75, 3.05) is 11.5 Å². The van der Waals surface area contributed by atoms with Gasteiger partial charge in [0.15, 0.2) is 5.12 Å². The fourth-order valence-corrected chi connectivity index (χ4v) is 6.52. The quantitative estimate of drug-likeness (QED) is 0.339. The van der Waals surface area contributed by atoms with Crippen molar-refractivity contribution in [1.82, 2.24) is 10.2 Å². The first kappa shape index (κ1) is 34.3. The van der Waals surface area contributed by atoms with Gasteiger partial charge >= 0.3 is 5.97 Å². The Hall–Kier alpha value is -3.18. The summed E-state index contributed by atoms with van der Waals surface area (Å²) in [6.45, 7) is 12.6. The van der Waals surface area contributed by atoms with Crippen LogP contribution in [0.25, 0.3) is 0 Å². The van der Waals surface area contributed by atoms with E-state index in [0.29, 0.717) is 11.3 Å². The van der Waals surface area contributed by atoms with Gasteiger partial charge < -0.3 is 24.8 Å². The second-order valence-electron chi connectivity index (χ2n) is 12.3. The topological polar surface area (TPSA) is 122 Å². The highest BCUT2D eigenvalue weighted by molar-refractivity contribution is 8.13. The van der Waals surface area contributed by atoms with Gasteiger partial charge in [0.25, 0.3) is 0 Å². The van der Waals surface area contributed by atoms with E-state index in [1.165, 1.54) is 29.7 Å². The average Bonchev–Trinajstić information content (AvgIpc) is 3.33. The molecular formula is C32H42N2O7S2. The van der Waals surface area contributed by atoms with Crippen molar-refractivity contribution in [1.29, 1.82) is 0 Å². The summed E-state index contributed by atoms with van der Waals surface area (Å²) >= 11 is 2.40. The second-order valence-corrected chi connectivity index (χ2v) is 14.7. The van der Waals surface area contributed by atoms with E-state index >= 15 is 0 Å². The Bertz CT molecular complexity index is 1300. The minimum Gasteiger partial charge on any atom is -0.508 e. The van der Waals surface area contributed by atoms with Crippen molar-refractivity contribution in [3.8, 4) is 11.5 Å². The molecule has 0 spiro atoms. The number of phenolic OH excluding ortho intramolecular Hbond substituents is 1. The van der Waals surface area contributed by atoms with Crippen LogP contribution < -0.4 is 10.1 Å². The highest BCUT2D eigenvalue weighted by atomic mass is 32.2. The van der Waals surface area contributed by atoms with Gasteiger partial charge in [-0.1, -0.05) is 42.1 Å². The molecule has 1 saturated heterocycles. The Morgan fingerprint density at radius 1 is 1.02 bits per heavy atom. The Morgan fingerprint density at radius 3 is 2.26 bits per heavy atom. The van der Waals surface area contributed by atoms with Crippen LogP contribution in [0, 0.1) is 0 Å². The smallest absolute Gasteiger partial charge is 0.329 e. The third-order valence-electron chi connectivity index (χ3n) is 6.21. The summed E-state index contributed by atoms with van der Waals surface area (Å²) in [6.07, 6.45) is 0.208. The molecule has 0 aromatic heterocycles. The van der Waals surface area contributed by atoms with Gasteiger partial charge in [0, 0.05) is 36.8 Å². The van der Waals surface area contributed by atoms with Gasteiger partial charge in [-0.05, 0) is 65.3 Å². The maximum Gasteiger partial charge on any atom is 0.329 e. The number of carbonyl (C=O) groups excluding carboxylic acids is 4. The normalized spacial score (nSPS) is 17.7. The SMILES string of the molecule is CC(=O)SCCC(=O)N1[C@@H](c2ccccc2O)SC[C@H]1C(=O)N[C@@H](Cc1ccc(OC(C)(C)C)cc1)C(=O)OC(C)(C)C. The Kier molecular flexibility index (Phi) is 11.6. The van der Waals surface area contributed by atoms with Crippen LogP contribution in [-0.4, -0.2) is 67.7 Å². The molecule has 2 aromatic rings. The summed E-state index contributed by atoms with van der Waals surface area (Å²) in [5.41, 5.74) is 0.159. The fourth-order valence-electron chi connectivity index (χ4n) is 4.48. The lowest BCUT2D eigenvalue weighted by atomic mass is 10.0. The molecule has 11 heteroatoms. The summed E-state index contributed by atoms with van der Waals surface area (Å²) in [5, 5.41) is 12.7. The molecule has 1 aliphatic heterocycles. The number of nitrogens with one attached hydrogen (secondary N) is 1. The lowest BCUT2D eigenvalue weighted by molar-refractivity contribution is -0.159. The van der Waals surface area contributed by atoms with E-state index in [9.17, 15) is 24.3 Å². The van der Waals surface area contributed by atoms with E-state index in [-0.39, 0.29) is 46.7 Å². The number of aromatic hydroxyl groups is 1. The summed E-state index contributed by atoms with van der Waals surface area (Å²) in [6, 6.07) is 12.1. The van der Waals surface area contributed by atoms with Gasteiger partial charge in [0.05, 0.1) is 0 Å². The molecule has 3 atom stereocenters. The third-order valence-corrected chi connectivity index (χ3v) is 8.33. The number of phenols is 1. The number of carbonyl (C=O) groups is 4. The van der Waals surface area contributed by atoms with Crippen LogP contribution in [0.5, 0.6) is 11.5 Å². The minimum atomic E-state index is -1.01. The zero-order valence-corrected chi connectivity index (χ0v) is 27.5. The average molecular weight is 631 g/mol. The molecule has 0 bridgehead atoms. The van der Waals surface area contributed by atoms with Crippen molar-refractivity contribution in [3.63, 3.8) is 0 Å². The van der Waals surface area contributed by atoms with Gasteiger partial charge in [0.1, 0.15) is 40.2 Å². The van der Waals surface area contributed by atoms with Crippen molar-refractivity contribution in [2.45, 2.75) is 90.0 Å². The molecule has 43 heavy (non-hydrogen) atoms. The predicted molar refractivity (Wildman–Crippen MR) is 170 cm³/mol. The van der Waals surface area contributed by atoms with Crippen molar-refractivity contribution >= 4 is 46.4 Å². The maximum absolute atomic E-state index is 13.8. The predicted octanol–water partition coefficient (Wildman–Crippen LogP) is 5.25. The molecule has 2 aromatic carbocycles. The zero-order chi connectivity index (χ0) is 31.9. The van der Waals surface area contributed by atoms with Gasteiger partial charge in [-0.2, -0.15) is 0 Å². The largest absolute Gasteiger partial charge is 0.508 e. The summed E-state index contributed by atoms with van der Waals surface area (Å²) in [7, 11) is 0. The summed E-state index contributed by atoms with van der Waals surface area (Å²) < 4.78 is 11.5. The van der Waals surface area contributed by atoms with Crippen LogP contribution in [0.3, 0.4) is 0 Å². The van der Waals surface area contributed by atoms with Gasteiger partial charge in [-0.15, -0.1) is 11.8 Å². The number of esters is 1. The van der Waals surface area contributed by atoms with E-state index in [1.54, 1.807) is 39.0 Å². The van der Waals surface area contributed by atoms with Crippen LogP contribution in [0.4, 0.5) is 0 Å². The first-order valence-corrected chi connectivity index (χ1v) is 16.2. The standard InChI is InChI=1S/C32H42N2O7S2/c1-20(35)42-17-16-27(37)34-25(19-43-29(34)23-10-8-9-11-26(23)36)28(38)33-24(30(39)41-32(5,6)7)18-21-12-14-22(15-13-21)40-31(2,3)4/h8-15,24-25,29,36H,16-19H2,1-7H3,(H,33,38)/t24-,25-,29+/m0/s1. The Balaban J connectivity index is 1.86. The molecule has 2 amide bonds. The molecule has 1 heterocycles. The van der Waals surface area contributed by atoms with E-state index in [2.05, 4.69) is 5.32 Å². The number of amides is 2. The third kappa shape index (κ3) is 10.5. The number of thioether (sulfide) groups is 2. The van der Waals surface area contributed by atoms with E-state index in [1.807, 2.05) is 45.0 Å². The zero-order valence-electron chi connectivity index (χ0n) is 25.8. The molecular weight excluding hydrogens is 588 g/mol. The van der Waals surface area contributed by atoms with Crippen molar-refractivity contribution < 1.29 is 33.8 Å². The highest BCUT2D eigenvalue weighted by Gasteiger charge is 2.44. The number of nitrogens with zero attached hydrogens (tertiary/aromatic N) is 1. The van der Waals surface area contributed by atoms with Gasteiger partial charge in [0.2, 0.25) is 11.8 Å². The van der Waals surface area contributed by atoms with Crippen molar-refractivity contribution in [3.05, 3.63) is 59.7 Å². The molecule has 0 unspecified atom stereocenters. The van der Waals surface area contributed by atoms with Crippen molar-refractivity contribution in [2.24, 2.45) is 0 Å². The number of benzene rings is 2. The highest BCUT2D eigenvalue weighted by Crippen LogP contribution is 2.44. The minimum absolute atomic E-state index is 0.0162. The lowest BCUT2D eigenvalue weighted by Crippen LogP contribution is -2.53. The van der Waals surface area contributed by atoms with Crippen LogP contribution in [0.15, 0.2) is 48.5 Å². The van der Waals surface area contributed by atoms with Crippen LogP contribution >= 0.6 is 23.5 Å². The van der Waals surface area contributed by atoms with Gasteiger partial charge in [-0.25, -0.2) is 4.79 Å². The Morgan fingerprint density at radius 2 is 1.67 bits per heavy atom. The van der Waals surface area contributed by atoms with Gasteiger partial charge in [-0.3, -0.25) is 14.4 Å². The molecule has 2 N–H and O–H groups in total. The Labute approximate surface area is 262 Å². The van der Waals surface area contributed by atoms with E-state index < -0.39 is 34.9 Å². The van der Waals surface area contributed by atoms with E-state index in [4.69, 9.17) is 9.47 Å². The summed E-state index contributed by atoms with van der Waals surface area (Å²) in [5.74, 6) is -0.179. The molecule has 0 radical (unpaired) electrons. The molecule has 1 aliphatic rings. The molecule has 9 nitrogen and oxygen atoms in total. The van der Waals surface area contributed by atoms with Crippen LogP contribution in [0.2, 0.25) is 0 Å². The summed E-state index contributed by atoms with van der Waals surface area (Å²) in [4.78, 5) is 53.5. The molecule has 0 aliphatic carbocycles. The number of hydrogen-bond acceptors (Lipinski definition) is 9. The number of ether oxygens (including phenoxy) is 2. The number of para-hydroxylation sites is 1. The monoisotopic (exact) mass is 630 g/mol. The van der Waals surface area contributed by atoms with E-state index in [0.717, 1.165) is 17.3 Å². The molecule has 3 rings (SSSR count). The first-order valence-electron chi connectivity index (χ1n) is 14.2. The molecule has 1 fully saturated rings. The first-order chi connectivity index (χ1) is 20.0. The number of rotatable bonds is 10. The van der Waals surface area contributed by atoms with Crippen LogP contribution in [-0.2, 0) is 30.3 Å². The second kappa shape index (κ2) is 14.5. The molecule has 234 valence electrons. The fraction of sp³-hybridized carbons (Fsp3) is 0.500. The van der Waals surface area contributed by atoms with Crippen LogP contribution in [0.1, 0.15) is 71.4 Å².